The summed E-state index contributed by atoms with van der Waals surface area (Å²) in [6.45, 7) is 3.40. The van der Waals surface area contributed by atoms with Crippen LogP contribution in [0.25, 0.3) is 0 Å². The van der Waals surface area contributed by atoms with Gasteiger partial charge in [-0.3, -0.25) is 4.79 Å². The first-order valence-corrected chi connectivity index (χ1v) is 5.03. The van der Waals surface area contributed by atoms with Crippen molar-refractivity contribution >= 4 is 16.7 Å². The Morgan fingerprint density at radius 1 is 1.64 bits per heavy atom. The Morgan fingerprint density at radius 2 is 2.29 bits per heavy atom. The highest BCUT2D eigenvalue weighted by atomic mass is 32.3. The van der Waals surface area contributed by atoms with Crippen LogP contribution in [0.1, 0.15) is 6.42 Å². The first-order valence-electron chi connectivity index (χ1n) is 3.70. The lowest BCUT2D eigenvalue weighted by molar-refractivity contribution is -0.116. The highest BCUT2D eigenvalue weighted by Crippen LogP contribution is 2.01. The molecule has 81 valence electrons. The quantitative estimate of drug-likeness (QED) is 0.256. The molecule has 0 aromatic rings. The Balaban J connectivity index is 3.43. The lowest BCUT2D eigenvalue weighted by Crippen LogP contribution is -2.25. The van der Waals surface area contributed by atoms with E-state index in [2.05, 4.69) is 26.3 Å². The van der Waals surface area contributed by atoms with E-state index in [9.17, 15) is 13.6 Å². The first-order chi connectivity index (χ1) is 6.52. The largest absolute Gasteiger partial charge is 0.564 e. The average Bonchev–Trinajstić information content (AvgIpc) is 2.17. The SMILES string of the molecule is C=CC(=O)NCCCO[S+]([O])(=O)ON. The molecule has 8 heteroatoms. The summed E-state index contributed by atoms with van der Waals surface area (Å²) >= 11 is 0. The summed E-state index contributed by atoms with van der Waals surface area (Å²) in [5.74, 6) is 4.06. The van der Waals surface area contributed by atoms with Gasteiger partial charge in [-0.25, -0.2) is 0 Å². The summed E-state index contributed by atoms with van der Waals surface area (Å²) < 4.78 is 28.7. The van der Waals surface area contributed by atoms with E-state index in [1.54, 1.807) is 0 Å². The van der Waals surface area contributed by atoms with E-state index in [4.69, 9.17) is 0 Å². The fourth-order valence-corrected chi connectivity index (χ4v) is 0.922. The van der Waals surface area contributed by atoms with Gasteiger partial charge in [-0.15, -0.1) is 4.18 Å². The van der Waals surface area contributed by atoms with Gasteiger partial charge in [0, 0.05) is 10.8 Å². The van der Waals surface area contributed by atoms with Crippen LogP contribution in [0.4, 0.5) is 0 Å². The summed E-state index contributed by atoms with van der Waals surface area (Å²) in [6, 6.07) is 0. The van der Waals surface area contributed by atoms with Crippen molar-refractivity contribution in [2.24, 2.45) is 5.90 Å². The molecule has 1 amide bonds. The Labute approximate surface area is 82.9 Å². The van der Waals surface area contributed by atoms with E-state index in [-0.39, 0.29) is 19.1 Å². The van der Waals surface area contributed by atoms with Crippen molar-refractivity contribution in [2.75, 3.05) is 13.2 Å². The molecule has 0 aromatic carbocycles. The fourth-order valence-electron chi connectivity index (χ4n) is 0.545. The summed E-state index contributed by atoms with van der Waals surface area (Å²) in [6.07, 6.45) is 1.43. The van der Waals surface area contributed by atoms with Gasteiger partial charge in [-0.05, 0) is 16.8 Å². The summed E-state index contributed by atoms with van der Waals surface area (Å²) in [7, 11) is -4.08. The molecule has 0 aliphatic rings. The monoisotopic (exact) mass is 224 g/mol. The minimum atomic E-state index is -4.08. The molecule has 0 rings (SSSR count). The predicted molar refractivity (Wildman–Crippen MR) is 47.8 cm³/mol. The standard InChI is InChI=1S/C6H12N2O5S/c1-2-6(9)8-4-3-5-12-14(10,11)13-7/h2H,1,3-5,7H2,(H,8,9)/q+1. The molecular formula is C6H12N2O5S+. The number of amides is 1. The van der Waals surface area contributed by atoms with E-state index in [0.717, 1.165) is 6.08 Å². The normalized spacial score (nSPS) is 14.4. The highest BCUT2D eigenvalue weighted by molar-refractivity contribution is 7.88. The molecule has 3 N–H and O–H groups in total. The number of nitrogens with one attached hydrogen (secondary N) is 1. The smallest absolute Gasteiger partial charge is 0.352 e. The molecule has 14 heavy (non-hydrogen) atoms. The van der Waals surface area contributed by atoms with Crippen LogP contribution in [0.5, 0.6) is 0 Å². The van der Waals surface area contributed by atoms with Crippen LogP contribution in [0.15, 0.2) is 12.7 Å². The van der Waals surface area contributed by atoms with E-state index in [0.29, 0.717) is 6.42 Å². The Hall–Kier alpha value is -0.800. The van der Waals surface area contributed by atoms with Crippen molar-refractivity contribution in [3.63, 3.8) is 0 Å². The van der Waals surface area contributed by atoms with Crippen molar-refractivity contribution in [3.05, 3.63) is 12.7 Å². The summed E-state index contributed by atoms with van der Waals surface area (Å²) in [5.41, 5.74) is 0. The van der Waals surface area contributed by atoms with E-state index in [1.165, 1.54) is 0 Å². The third-order valence-corrected chi connectivity index (χ3v) is 1.84. The molecule has 1 unspecified atom stereocenters. The zero-order valence-electron chi connectivity index (χ0n) is 7.43. The molecule has 0 spiro atoms. The Bertz CT molecular complexity index is 244. The maximum atomic E-state index is 10.6. The number of carbonyl (C=O) groups is 1. The van der Waals surface area contributed by atoms with Crippen LogP contribution in [0, 0.1) is 0 Å². The highest BCUT2D eigenvalue weighted by Gasteiger charge is 2.31. The van der Waals surface area contributed by atoms with Crippen molar-refractivity contribution < 1.29 is 22.0 Å². The average molecular weight is 224 g/mol. The topological polar surface area (TPSA) is 111 Å². The molecule has 7 nitrogen and oxygen atoms in total. The van der Waals surface area contributed by atoms with Gasteiger partial charge in [0.1, 0.15) is 11.2 Å². The Morgan fingerprint density at radius 3 is 2.79 bits per heavy atom. The zero-order valence-corrected chi connectivity index (χ0v) is 8.25. The third-order valence-electron chi connectivity index (χ3n) is 1.15. The van der Waals surface area contributed by atoms with Gasteiger partial charge >= 0.3 is 10.8 Å². The molecule has 0 aliphatic carbocycles. The van der Waals surface area contributed by atoms with Gasteiger partial charge in [0.2, 0.25) is 5.91 Å². The van der Waals surface area contributed by atoms with Crippen LogP contribution in [0.2, 0.25) is 0 Å². The van der Waals surface area contributed by atoms with Crippen LogP contribution >= 0.6 is 0 Å². The predicted octanol–water partition coefficient (Wildman–Crippen LogP) is -0.739. The molecule has 0 bridgehead atoms. The van der Waals surface area contributed by atoms with Crippen LogP contribution in [-0.2, 0) is 32.8 Å². The lowest BCUT2D eigenvalue weighted by atomic mass is 10.4. The van der Waals surface area contributed by atoms with E-state index >= 15 is 0 Å². The minimum Gasteiger partial charge on any atom is -0.352 e. The van der Waals surface area contributed by atoms with Gasteiger partial charge in [-0.2, -0.15) is 5.90 Å². The molecule has 0 fully saturated rings. The number of hydrogen-bond donors (Lipinski definition) is 2. The maximum absolute atomic E-state index is 10.6. The molecule has 0 saturated carbocycles. The number of nitrogens with two attached hydrogens (primary N) is 1. The van der Waals surface area contributed by atoms with Gasteiger partial charge in [0.05, 0.1) is 0 Å². The molecule has 0 aromatic heterocycles. The number of hydrogen-bond acceptors (Lipinski definition) is 5. The van der Waals surface area contributed by atoms with Crippen LogP contribution in [0.3, 0.4) is 0 Å². The van der Waals surface area contributed by atoms with Crippen LogP contribution in [-0.4, -0.2) is 19.1 Å². The molecule has 1 atom stereocenters. The van der Waals surface area contributed by atoms with Gasteiger partial charge in [0.15, 0.2) is 0 Å². The third kappa shape index (κ3) is 6.69. The first kappa shape index (κ1) is 13.2. The van der Waals surface area contributed by atoms with Crippen molar-refractivity contribution in [2.45, 2.75) is 6.42 Å². The fraction of sp³-hybridized carbons (Fsp3) is 0.500. The van der Waals surface area contributed by atoms with Crippen molar-refractivity contribution in [1.29, 1.82) is 0 Å². The summed E-state index contributed by atoms with van der Waals surface area (Å²) in [4.78, 5) is 10.6. The van der Waals surface area contributed by atoms with Gasteiger partial charge in [-0.1, -0.05) is 6.58 Å². The second kappa shape index (κ2) is 6.62. The van der Waals surface area contributed by atoms with Crippen molar-refractivity contribution in [3.8, 4) is 0 Å². The zero-order chi connectivity index (χ0) is 11.0. The van der Waals surface area contributed by atoms with Gasteiger partial charge < -0.3 is 5.32 Å². The van der Waals surface area contributed by atoms with E-state index < -0.39 is 10.8 Å². The summed E-state index contributed by atoms with van der Waals surface area (Å²) in [5, 5.41) is 2.43. The lowest BCUT2D eigenvalue weighted by Gasteiger charge is -1.99. The second-order valence-corrected chi connectivity index (χ2v) is 3.42. The minimum absolute atomic E-state index is 0.114. The van der Waals surface area contributed by atoms with Crippen LogP contribution < -0.4 is 11.2 Å². The number of rotatable bonds is 7. The molecule has 0 saturated heterocycles. The molecular weight excluding hydrogens is 212 g/mol. The number of carbonyl (C=O) groups excluding carboxylic acids is 1. The molecule has 0 heterocycles. The Kier molecular flexibility index (Phi) is 6.25. The van der Waals surface area contributed by atoms with Crippen molar-refractivity contribution in [1.82, 2.24) is 5.32 Å². The van der Waals surface area contributed by atoms with Gasteiger partial charge in [0.25, 0.3) is 0 Å². The molecule has 0 aliphatic heterocycles. The van der Waals surface area contributed by atoms with E-state index in [1.807, 2.05) is 0 Å². The second-order valence-electron chi connectivity index (χ2n) is 2.18. The molecule has 1 radical (unpaired) electrons. The maximum Gasteiger partial charge on any atom is 0.564 e.